The number of ether oxygens (including phenoxy) is 1. The minimum atomic E-state index is -0.378. The molecule has 0 saturated carbocycles. The van der Waals surface area contributed by atoms with E-state index in [1.165, 1.54) is 7.05 Å². The van der Waals surface area contributed by atoms with Gasteiger partial charge in [-0.1, -0.05) is 10.4 Å². The largest absolute Gasteiger partial charge is 0.368 e. The number of fused-ring (bicyclic) bond motifs is 3. The third-order valence-electron chi connectivity index (χ3n) is 4.27. The summed E-state index contributed by atoms with van der Waals surface area (Å²) in [7, 11) is 1.52. The van der Waals surface area contributed by atoms with Crippen LogP contribution < -0.4 is 5.32 Å². The van der Waals surface area contributed by atoms with Gasteiger partial charge in [0, 0.05) is 20.1 Å². The van der Waals surface area contributed by atoms with Gasteiger partial charge < -0.3 is 14.6 Å². The van der Waals surface area contributed by atoms with Crippen molar-refractivity contribution in [3.8, 4) is 0 Å². The van der Waals surface area contributed by atoms with Crippen LogP contribution in [0.25, 0.3) is 0 Å². The van der Waals surface area contributed by atoms with Crippen LogP contribution >= 0.6 is 0 Å². The van der Waals surface area contributed by atoms with Crippen LogP contribution in [0.2, 0.25) is 0 Å². The number of nitrogens with zero attached hydrogens (tertiary/aromatic N) is 6. The van der Waals surface area contributed by atoms with Gasteiger partial charge in [-0.2, -0.15) is 4.98 Å². The maximum absolute atomic E-state index is 11.4. The quantitative estimate of drug-likeness (QED) is 0.796. The highest BCUT2D eigenvalue weighted by Gasteiger charge is 2.36. The minimum Gasteiger partial charge on any atom is -0.368 e. The van der Waals surface area contributed by atoms with E-state index in [9.17, 15) is 4.79 Å². The monoisotopic (exact) mass is 319 g/mol. The first kappa shape index (κ1) is 14.3. The molecule has 2 aliphatic rings. The van der Waals surface area contributed by atoms with Crippen molar-refractivity contribution in [3.63, 3.8) is 0 Å². The Morgan fingerprint density at radius 3 is 3.30 bits per heavy atom. The summed E-state index contributed by atoms with van der Waals surface area (Å²) in [5.41, 5.74) is 1.02. The van der Waals surface area contributed by atoms with Gasteiger partial charge in [-0.25, -0.2) is 4.68 Å². The molecule has 1 amide bonds. The fraction of sp³-hybridized carbons (Fsp3) is 0.615. The summed E-state index contributed by atoms with van der Waals surface area (Å²) in [6.07, 6.45) is 2.74. The van der Waals surface area contributed by atoms with Crippen molar-refractivity contribution in [2.75, 3.05) is 20.1 Å². The average Bonchev–Trinajstić information content (AvgIpc) is 3.23. The summed E-state index contributed by atoms with van der Waals surface area (Å²) in [5.74, 6) is 0.106. The molecule has 10 heteroatoms. The average molecular weight is 319 g/mol. The van der Waals surface area contributed by atoms with E-state index in [0.717, 1.165) is 25.2 Å². The molecule has 1 saturated heterocycles. The third-order valence-corrected chi connectivity index (χ3v) is 4.27. The van der Waals surface area contributed by atoms with Crippen LogP contribution in [0.3, 0.4) is 0 Å². The van der Waals surface area contributed by atoms with Gasteiger partial charge in [0.25, 0.3) is 0 Å². The summed E-state index contributed by atoms with van der Waals surface area (Å²) < 4.78 is 12.8. The van der Waals surface area contributed by atoms with Crippen molar-refractivity contribution < 1.29 is 14.1 Å². The zero-order chi connectivity index (χ0) is 15.8. The molecular weight excluding hydrogens is 302 g/mol. The van der Waals surface area contributed by atoms with E-state index in [0.29, 0.717) is 19.0 Å². The first-order chi connectivity index (χ1) is 11.2. The molecule has 10 nitrogen and oxygen atoms in total. The van der Waals surface area contributed by atoms with E-state index < -0.39 is 0 Å². The van der Waals surface area contributed by atoms with E-state index in [1.807, 2.05) is 4.68 Å². The predicted octanol–water partition coefficient (Wildman–Crippen LogP) is -0.633. The van der Waals surface area contributed by atoms with Crippen LogP contribution in [0.4, 0.5) is 0 Å². The number of hydrogen-bond acceptors (Lipinski definition) is 8. The molecule has 0 spiro atoms. The molecule has 0 aliphatic carbocycles. The van der Waals surface area contributed by atoms with Gasteiger partial charge in [0.2, 0.25) is 0 Å². The molecule has 1 fully saturated rings. The van der Waals surface area contributed by atoms with Crippen LogP contribution in [0.15, 0.2) is 10.7 Å². The highest BCUT2D eigenvalue weighted by atomic mass is 16.5. The fourth-order valence-corrected chi connectivity index (χ4v) is 3.11. The molecule has 2 aromatic heterocycles. The Balaban J connectivity index is 1.41. The Bertz CT molecular complexity index is 712. The molecule has 2 aliphatic heterocycles. The van der Waals surface area contributed by atoms with Crippen LogP contribution in [0.1, 0.15) is 34.7 Å². The first-order valence-corrected chi connectivity index (χ1v) is 7.52. The van der Waals surface area contributed by atoms with Crippen molar-refractivity contribution in [2.24, 2.45) is 0 Å². The molecule has 2 atom stereocenters. The Morgan fingerprint density at radius 2 is 2.43 bits per heavy atom. The van der Waals surface area contributed by atoms with E-state index >= 15 is 0 Å². The van der Waals surface area contributed by atoms with Crippen LogP contribution in [-0.4, -0.2) is 62.2 Å². The second kappa shape index (κ2) is 5.70. The standard InChI is InChI=1S/C13H17N7O3/c1-14-12(21)13-16-11(17-23-13)6-19-3-2-9-10(5-19)22-7-8-4-15-18-20(8)9/h4,9-10H,2-3,5-7H2,1H3,(H,14,21)/t9-,10-/m0/s1. The normalized spacial score (nSPS) is 24.0. The van der Waals surface area contributed by atoms with Crippen LogP contribution in [-0.2, 0) is 17.9 Å². The SMILES string of the molecule is CNC(=O)c1nc(CN2CC[C@H]3[C@H](C2)OCc2cnnn23)no1. The molecule has 23 heavy (non-hydrogen) atoms. The minimum absolute atomic E-state index is 0.0152. The second-order valence-electron chi connectivity index (χ2n) is 5.71. The lowest BCUT2D eigenvalue weighted by Crippen LogP contribution is -2.48. The number of hydrogen-bond donors (Lipinski definition) is 1. The van der Waals surface area contributed by atoms with Crippen molar-refractivity contribution >= 4 is 5.91 Å². The maximum atomic E-state index is 11.4. The molecule has 4 rings (SSSR count). The third kappa shape index (κ3) is 2.59. The van der Waals surface area contributed by atoms with E-state index in [2.05, 4.69) is 30.7 Å². The molecule has 0 unspecified atom stereocenters. The summed E-state index contributed by atoms with van der Waals surface area (Å²) in [6.45, 7) is 2.68. The second-order valence-corrected chi connectivity index (χ2v) is 5.71. The molecule has 122 valence electrons. The van der Waals surface area contributed by atoms with Gasteiger partial charge in [0.05, 0.1) is 37.2 Å². The van der Waals surface area contributed by atoms with Gasteiger partial charge in [-0.05, 0) is 6.42 Å². The van der Waals surface area contributed by atoms with E-state index in [4.69, 9.17) is 9.26 Å². The smallest absolute Gasteiger partial charge is 0.315 e. The Kier molecular flexibility index (Phi) is 3.54. The summed E-state index contributed by atoms with van der Waals surface area (Å²) >= 11 is 0. The van der Waals surface area contributed by atoms with E-state index in [1.54, 1.807) is 6.20 Å². The molecule has 0 radical (unpaired) electrons. The highest BCUT2D eigenvalue weighted by molar-refractivity contribution is 5.89. The summed E-state index contributed by atoms with van der Waals surface area (Å²) in [5, 5.41) is 14.4. The number of amides is 1. The summed E-state index contributed by atoms with van der Waals surface area (Å²) in [4.78, 5) is 17.7. The number of carbonyl (C=O) groups is 1. The Morgan fingerprint density at radius 1 is 1.52 bits per heavy atom. The van der Waals surface area contributed by atoms with Crippen molar-refractivity contribution in [1.82, 2.24) is 35.4 Å². The predicted molar refractivity (Wildman–Crippen MR) is 75.2 cm³/mol. The van der Waals surface area contributed by atoms with Crippen molar-refractivity contribution in [3.05, 3.63) is 23.6 Å². The van der Waals surface area contributed by atoms with Gasteiger partial charge in [0.1, 0.15) is 0 Å². The molecule has 0 bridgehead atoms. The molecule has 0 aromatic carbocycles. The van der Waals surface area contributed by atoms with Gasteiger partial charge in [-0.15, -0.1) is 5.10 Å². The van der Waals surface area contributed by atoms with E-state index in [-0.39, 0.29) is 23.9 Å². The number of rotatable bonds is 3. The number of nitrogens with one attached hydrogen (secondary N) is 1. The summed E-state index contributed by atoms with van der Waals surface area (Å²) in [6, 6.07) is 0.226. The zero-order valence-corrected chi connectivity index (χ0v) is 12.7. The molecule has 1 N–H and O–H groups in total. The molecular formula is C13H17N7O3. The fourth-order valence-electron chi connectivity index (χ4n) is 3.11. The van der Waals surface area contributed by atoms with Crippen LogP contribution in [0, 0.1) is 0 Å². The lowest BCUT2D eigenvalue weighted by Gasteiger charge is -2.40. The highest BCUT2D eigenvalue weighted by Crippen LogP contribution is 2.30. The Labute approximate surface area is 131 Å². The molecule has 2 aromatic rings. The first-order valence-electron chi connectivity index (χ1n) is 7.52. The topological polar surface area (TPSA) is 111 Å². The number of piperidine rings is 1. The van der Waals surface area contributed by atoms with Crippen molar-refractivity contribution in [2.45, 2.75) is 31.7 Å². The maximum Gasteiger partial charge on any atom is 0.315 e. The number of likely N-dealkylation sites (tertiary alicyclic amines) is 1. The Hall–Kier alpha value is -2.33. The number of aromatic nitrogens is 5. The van der Waals surface area contributed by atoms with Crippen LogP contribution in [0.5, 0.6) is 0 Å². The van der Waals surface area contributed by atoms with Gasteiger partial charge in [-0.3, -0.25) is 9.69 Å². The van der Waals surface area contributed by atoms with Crippen molar-refractivity contribution in [1.29, 1.82) is 0 Å². The molecule has 4 heterocycles. The number of carbonyl (C=O) groups excluding carboxylic acids is 1. The lowest BCUT2D eigenvalue weighted by atomic mass is 10.0. The van der Waals surface area contributed by atoms with Gasteiger partial charge in [0.15, 0.2) is 5.82 Å². The zero-order valence-electron chi connectivity index (χ0n) is 12.7. The lowest BCUT2D eigenvalue weighted by molar-refractivity contribution is -0.0709. The van der Waals surface area contributed by atoms with Gasteiger partial charge >= 0.3 is 11.8 Å².